The predicted octanol–water partition coefficient (Wildman–Crippen LogP) is 5.40. The molecule has 0 radical (unpaired) electrons. The van der Waals surface area contributed by atoms with Crippen molar-refractivity contribution in [2.45, 2.75) is 0 Å². The molecule has 1 aliphatic heterocycles. The number of carbonyl (C=O) groups excluding carboxylic acids is 1. The molecule has 2 aromatic carbocycles. The van der Waals surface area contributed by atoms with Gasteiger partial charge in [0, 0.05) is 17.7 Å². The lowest BCUT2D eigenvalue weighted by atomic mass is 10.1. The van der Waals surface area contributed by atoms with Gasteiger partial charge in [-0.2, -0.15) is 0 Å². The Morgan fingerprint density at radius 1 is 1.14 bits per heavy atom. The summed E-state index contributed by atoms with van der Waals surface area (Å²) in [5, 5.41) is 14.3. The number of nitro groups is 1. The van der Waals surface area contributed by atoms with Crippen molar-refractivity contribution in [2.75, 3.05) is 0 Å². The SMILES string of the molecule is O=C1NC(=Nc2ccccc2)S/C1=C/c1ccc(-c2ccc(Cl)c([N+](=O)[O-])c2)o1. The lowest BCUT2D eigenvalue weighted by Gasteiger charge is -1.99. The maximum atomic E-state index is 12.2. The average Bonchev–Trinajstić information content (AvgIpc) is 3.30. The maximum Gasteiger partial charge on any atom is 0.288 e. The number of benzene rings is 2. The Kier molecular flexibility index (Phi) is 5.20. The van der Waals surface area contributed by atoms with Gasteiger partial charge in [-0.1, -0.05) is 29.8 Å². The van der Waals surface area contributed by atoms with Gasteiger partial charge >= 0.3 is 0 Å². The first-order chi connectivity index (χ1) is 14.0. The number of hydrogen-bond acceptors (Lipinski definition) is 6. The Balaban J connectivity index is 1.57. The summed E-state index contributed by atoms with van der Waals surface area (Å²) >= 11 is 7.05. The standard InChI is InChI=1S/C20H12ClN3O4S/c21-15-8-6-12(10-16(15)24(26)27)17-9-7-14(28-17)11-18-19(25)23-20(29-18)22-13-4-2-1-3-5-13/h1-11H,(H,22,23,25)/b18-11+. The van der Waals surface area contributed by atoms with Crippen molar-refractivity contribution in [1.82, 2.24) is 5.32 Å². The molecule has 144 valence electrons. The molecule has 0 atom stereocenters. The highest BCUT2D eigenvalue weighted by molar-refractivity contribution is 8.18. The molecule has 4 rings (SSSR count). The molecule has 29 heavy (non-hydrogen) atoms. The van der Waals surface area contributed by atoms with Gasteiger partial charge in [0.15, 0.2) is 5.17 Å². The van der Waals surface area contributed by atoms with Gasteiger partial charge in [0.2, 0.25) is 0 Å². The van der Waals surface area contributed by atoms with Gasteiger partial charge in [-0.3, -0.25) is 14.9 Å². The number of aliphatic imine (C=N–C) groups is 1. The molecule has 1 amide bonds. The van der Waals surface area contributed by atoms with Crippen LogP contribution in [0.3, 0.4) is 0 Å². The number of rotatable bonds is 4. The monoisotopic (exact) mass is 425 g/mol. The van der Waals surface area contributed by atoms with E-state index in [2.05, 4.69) is 10.3 Å². The molecule has 2 heterocycles. The summed E-state index contributed by atoms with van der Waals surface area (Å²) in [4.78, 5) is 27.5. The number of amidine groups is 1. The van der Waals surface area contributed by atoms with Gasteiger partial charge in [0.1, 0.15) is 16.5 Å². The van der Waals surface area contributed by atoms with Crippen LogP contribution in [0.4, 0.5) is 11.4 Å². The number of para-hydroxylation sites is 1. The van der Waals surface area contributed by atoms with Gasteiger partial charge < -0.3 is 9.73 Å². The molecule has 1 N–H and O–H groups in total. The first-order valence-electron chi connectivity index (χ1n) is 8.38. The second-order valence-electron chi connectivity index (χ2n) is 5.94. The van der Waals surface area contributed by atoms with Crippen LogP contribution < -0.4 is 5.32 Å². The van der Waals surface area contributed by atoms with Crippen molar-refractivity contribution >= 4 is 51.9 Å². The molecule has 0 unspecified atom stereocenters. The summed E-state index contributed by atoms with van der Waals surface area (Å²) < 4.78 is 5.73. The fourth-order valence-corrected chi connectivity index (χ4v) is 3.63. The average molecular weight is 426 g/mol. The van der Waals surface area contributed by atoms with E-state index in [9.17, 15) is 14.9 Å². The third kappa shape index (κ3) is 4.23. The number of amides is 1. The zero-order valence-corrected chi connectivity index (χ0v) is 16.2. The quantitative estimate of drug-likeness (QED) is 0.343. The zero-order chi connectivity index (χ0) is 20.4. The van der Waals surface area contributed by atoms with Crippen molar-refractivity contribution < 1.29 is 14.1 Å². The van der Waals surface area contributed by atoms with E-state index >= 15 is 0 Å². The molecular formula is C20H12ClN3O4S. The van der Waals surface area contributed by atoms with Gasteiger partial charge in [0.25, 0.3) is 11.6 Å². The molecule has 3 aromatic rings. The summed E-state index contributed by atoms with van der Waals surface area (Å²) in [5.74, 6) is 0.596. The first kappa shape index (κ1) is 19.0. The van der Waals surface area contributed by atoms with E-state index in [-0.39, 0.29) is 16.6 Å². The topological polar surface area (TPSA) is 97.7 Å². The van der Waals surface area contributed by atoms with Crippen LogP contribution in [0.15, 0.2) is 75.0 Å². The van der Waals surface area contributed by atoms with Crippen molar-refractivity contribution in [3.8, 4) is 11.3 Å². The summed E-state index contributed by atoms with van der Waals surface area (Å²) in [5.41, 5.74) is 1.05. The van der Waals surface area contributed by atoms with E-state index < -0.39 is 4.92 Å². The van der Waals surface area contributed by atoms with Gasteiger partial charge in [-0.15, -0.1) is 0 Å². The summed E-state index contributed by atoms with van der Waals surface area (Å²) in [7, 11) is 0. The van der Waals surface area contributed by atoms with E-state index in [0.717, 1.165) is 5.69 Å². The number of nitro benzene ring substituents is 1. The number of carbonyl (C=O) groups is 1. The van der Waals surface area contributed by atoms with E-state index in [4.69, 9.17) is 16.0 Å². The van der Waals surface area contributed by atoms with Crippen LogP contribution in [0.5, 0.6) is 0 Å². The van der Waals surface area contributed by atoms with Crippen molar-refractivity contribution in [3.05, 3.63) is 86.5 Å². The Hall–Kier alpha value is -3.36. The van der Waals surface area contributed by atoms with Crippen LogP contribution in [-0.4, -0.2) is 16.0 Å². The molecule has 1 saturated heterocycles. The molecule has 9 heteroatoms. The Labute approximate surface area is 174 Å². The zero-order valence-electron chi connectivity index (χ0n) is 14.7. The van der Waals surface area contributed by atoms with E-state index in [1.54, 1.807) is 24.3 Å². The second kappa shape index (κ2) is 7.94. The fraction of sp³-hybridized carbons (Fsp3) is 0. The van der Waals surface area contributed by atoms with E-state index in [1.165, 1.54) is 23.9 Å². The number of thioether (sulfide) groups is 1. The van der Waals surface area contributed by atoms with Crippen LogP contribution in [0.25, 0.3) is 17.4 Å². The normalized spacial score (nSPS) is 16.4. The lowest BCUT2D eigenvalue weighted by molar-refractivity contribution is -0.384. The van der Waals surface area contributed by atoms with Crippen molar-refractivity contribution in [1.29, 1.82) is 0 Å². The molecule has 0 bridgehead atoms. The second-order valence-corrected chi connectivity index (χ2v) is 7.38. The van der Waals surface area contributed by atoms with Gasteiger partial charge in [-0.05, 0) is 48.2 Å². The van der Waals surface area contributed by atoms with Crippen LogP contribution in [-0.2, 0) is 4.79 Å². The third-order valence-electron chi connectivity index (χ3n) is 3.97. The molecule has 1 aliphatic rings. The molecular weight excluding hydrogens is 414 g/mol. The smallest absolute Gasteiger partial charge is 0.288 e. The Bertz CT molecular complexity index is 1170. The maximum absolute atomic E-state index is 12.2. The minimum absolute atomic E-state index is 0.0527. The fourth-order valence-electron chi connectivity index (χ4n) is 2.62. The van der Waals surface area contributed by atoms with Crippen LogP contribution in [0.1, 0.15) is 5.76 Å². The number of hydrogen-bond donors (Lipinski definition) is 1. The highest BCUT2D eigenvalue weighted by Crippen LogP contribution is 2.33. The minimum Gasteiger partial charge on any atom is -0.457 e. The molecule has 1 fully saturated rings. The molecule has 0 aliphatic carbocycles. The van der Waals surface area contributed by atoms with Crippen LogP contribution >= 0.6 is 23.4 Å². The largest absolute Gasteiger partial charge is 0.457 e. The minimum atomic E-state index is -0.551. The Morgan fingerprint density at radius 3 is 2.69 bits per heavy atom. The molecule has 7 nitrogen and oxygen atoms in total. The first-order valence-corrected chi connectivity index (χ1v) is 9.58. The third-order valence-corrected chi connectivity index (χ3v) is 5.19. The number of halogens is 1. The van der Waals surface area contributed by atoms with Crippen molar-refractivity contribution in [2.24, 2.45) is 4.99 Å². The van der Waals surface area contributed by atoms with E-state index in [0.29, 0.717) is 27.2 Å². The highest BCUT2D eigenvalue weighted by Gasteiger charge is 2.24. The number of furan rings is 1. The number of nitrogens with zero attached hydrogens (tertiary/aromatic N) is 2. The summed E-state index contributed by atoms with van der Waals surface area (Å²) in [6, 6.07) is 17.1. The Morgan fingerprint density at radius 2 is 1.93 bits per heavy atom. The van der Waals surface area contributed by atoms with Crippen molar-refractivity contribution in [3.63, 3.8) is 0 Å². The lowest BCUT2D eigenvalue weighted by Crippen LogP contribution is -2.19. The van der Waals surface area contributed by atoms with Crippen LogP contribution in [0.2, 0.25) is 5.02 Å². The van der Waals surface area contributed by atoms with Crippen LogP contribution in [0, 0.1) is 10.1 Å². The molecule has 1 aromatic heterocycles. The van der Waals surface area contributed by atoms with E-state index in [1.807, 2.05) is 30.3 Å². The highest BCUT2D eigenvalue weighted by atomic mass is 35.5. The molecule has 0 saturated carbocycles. The summed E-state index contributed by atoms with van der Waals surface area (Å²) in [6.07, 6.45) is 1.60. The summed E-state index contributed by atoms with van der Waals surface area (Å²) in [6.45, 7) is 0. The van der Waals surface area contributed by atoms with Gasteiger partial charge in [0.05, 0.1) is 15.5 Å². The molecule has 0 spiro atoms. The number of nitrogens with one attached hydrogen (secondary N) is 1. The predicted molar refractivity (Wildman–Crippen MR) is 113 cm³/mol. The van der Waals surface area contributed by atoms with Gasteiger partial charge in [-0.25, -0.2) is 4.99 Å².